The van der Waals surface area contributed by atoms with E-state index < -0.39 is 0 Å². The average Bonchev–Trinajstić information content (AvgIpc) is 2.55. The highest BCUT2D eigenvalue weighted by Gasteiger charge is 2.25. The van der Waals surface area contributed by atoms with Gasteiger partial charge in [-0.15, -0.1) is 11.8 Å². The summed E-state index contributed by atoms with van der Waals surface area (Å²) in [4.78, 5) is 15.4. The van der Waals surface area contributed by atoms with Crippen molar-refractivity contribution in [3.05, 3.63) is 29.6 Å². The van der Waals surface area contributed by atoms with Crippen molar-refractivity contribution in [2.24, 2.45) is 0 Å². The number of piperidine rings is 1. The lowest BCUT2D eigenvalue weighted by molar-refractivity contribution is -0.122. The van der Waals surface area contributed by atoms with E-state index in [9.17, 15) is 9.18 Å². The molecule has 2 aliphatic heterocycles. The van der Waals surface area contributed by atoms with Gasteiger partial charge in [-0.1, -0.05) is 18.6 Å². The Morgan fingerprint density at radius 1 is 1.39 bits per heavy atom. The summed E-state index contributed by atoms with van der Waals surface area (Å²) in [5.41, 5.74) is 0.931. The molecule has 0 unspecified atom stereocenters. The van der Waals surface area contributed by atoms with Gasteiger partial charge in [-0.2, -0.15) is 0 Å². The SMILES string of the molecule is C[C@H]1CCCCN1CCC(=O)N[C@H]1CCSc2c(F)cccc21. The third kappa shape index (κ3) is 4.07. The predicted molar refractivity (Wildman–Crippen MR) is 92.1 cm³/mol. The Hall–Kier alpha value is -1.07. The minimum Gasteiger partial charge on any atom is -0.349 e. The number of likely N-dealkylation sites (tertiary alicyclic amines) is 1. The smallest absolute Gasteiger partial charge is 0.221 e. The summed E-state index contributed by atoms with van der Waals surface area (Å²) in [6.45, 7) is 4.17. The highest BCUT2D eigenvalue weighted by atomic mass is 32.2. The summed E-state index contributed by atoms with van der Waals surface area (Å²) in [7, 11) is 0. The van der Waals surface area contributed by atoms with Gasteiger partial charge in [0.2, 0.25) is 5.91 Å². The van der Waals surface area contributed by atoms with Gasteiger partial charge in [0.15, 0.2) is 0 Å². The van der Waals surface area contributed by atoms with Crippen molar-refractivity contribution in [1.82, 2.24) is 10.2 Å². The molecule has 1 aromatic rings. The Morgan fingerprint density at radius 2 is 2.26 bits per heavy atom. The van der Waals surface area contributed by atoms with E-state index in [0.717, 1.165) is 30.8 Å². The third-order valence-electron chi connectivity index (χ3n) is 4.93. The quantitative estimate of drug-likeness (QED) is 0.909. The number of benzene rings is 1. The summed E-state index contributed by atoms with van der Waals surface area (Å²) in [5, 5.41) is 3.11. The molecular weight excluding hydrogens is 311 g/mol. The van der Waals surface area contributed by atoms with Crippen LogP contribution in [0.2, 0.25) is 0 Å². The normalized spacial score (nSPS) is 25.0. The second-order valence-electron chi connectivity index (χ2n) is 6.55. The van der Waals surface area contributed by atoms with Crippen LogP contribution in [0.25, 0.3) is 0 Å². The number of nitrogens with one attached hydrogen (secondary N) is 1. The zero-order valence-electron chi connectivity index (χ0n) is 13.7. The van der Waals surface area contributed by atoms with Gasteiger partial charge in [0.1, 0.15) is 5.82 Å². The molecule has 1 saturated heterocycles. The molecule has 0 saturated carbocycles. The van der Waals surface area contributed by atoms with Gasteiger partial charge < -0.3 is 10.2 Å². The van der Waals surface area contributed by atoms with E-state index >= 15 is 0 Å². The molecule has 1 fully saturated rings. The number of hydrogen-bond donors (Lipinski definition) is 1. The van der Waals surface area contributed by atoms with Gasteiger partial charge in [-0.05, 0) is 44.4 Å². The number of fused-ring (bicyclic) bond motifs is 1. The van der Waals surface area contributed by atoms with Crippen molar-refractivity contribution in [1.29, 1.82) is 0 Å². The van der Waals surface area contributed by atoms with Crippen molar-refractivity contribution in [2.45, 2.75) is 56.0 Å². The van der Waals surface area contributed by atoms with Crippen LogP contribution in [-0.4, -0.2) is 35.7 Å². The minimum atomic E-state index is -0.173. The van der Waals surface area contributed by atoms with E-state index in [4.69, 9.17) is 0 Å². The molecule has 0 aromatic heterocycles. The van der Waals surface area contributed by atoms with E-state index in [1.807, 2.05) is 6.07 Å². The van der Waals surface area contributed by atoms with Crippen molar-refractivity contribution in [3.63, 3.8) is 0 Å². The standard InChI is InChI=1S/C18H25FN2OS/c1-13-5-2-3-10-21(13)11-8-17(22)20-16-9-12-23-18-14(16)6-4-7-15(18)19/h4,6-7,13,16H,2-3,5,8-12H2,1H3,(H,20,22)/t13-,16-/m0/s1. The average molecular weight is 336 g/mol. The second kappa shape index (κ2) is 7.67. The molecular formula is C18H25FN2OS. The van der Waals surface area contributed by atoms with Gasteiger partial charge in [0, 0.05) is 29.7 Å². The summed E-state index contributed by atoms with van der Waals surface area (Å²) in [6.07, 6.45) is 5.16. The lowest BCUT2D eigenvalue weighted by Crippen LogP contribution is -2.40. The monoisotopic (exact) mass is 336 g/mol. The first kappa shape index (κ1) is 16.8. The first-order valence-corrected chi connectivity index (χ1v) is 9.58. The molecule has 2 aliphatic rings. The summed E-state index contributed by atoms with van der Waals surface area (Å²) >= 11 is 1.55. The molecule has 126 valence electrons. The fourth-order valence-electron chi connectivity index (χ4n) is 3.54. The van der Waals surface area contributed by atoms with E-state index in [2.05, 4.69) is 17.1 Å². The van der Waals surface area contributed by atoms with Crippen LogP contribution in [0.4, 0.5) is 4.39 Å². The van der Waals surface area contributed by atoms with E-state index in [1.54, 1.807) is 17.8 Å². The van der Waals surface area contributed by atoms with Crippen LogP contribution in [0.5, 0.6) is 0 Å². The molecule has 2 atom stereocenters. The third-order valence-corrected chi connectivity index (χ3v) is 6.09. The van der Waals surface area contributed by atoms with Crippen LogP contribution in [-0.2, 0) is 4.79 Å². The van der Waals surface area contributed by atoms with E-state index in [1.165, 1.54) is 25.3 Å². The van der Waals surface area contributed by atoms with Crippen molar-refractivity contribution >= 4 is 17.7 Å². The van der Waals surface area contributed by atoms with Crippen LogP contribution < -0.4 is 5.32 Å². The van der Waals surface area contributed by atoms with Crippen LogP contribution >= 0.6 is 11.8 Å². The van der Waals surface area contributed by atoms with Gasteiger partial charge in [0.25, 0.3) is 0 Å². The maximum Gasteiger partial charge on any atom is 0.221 e. The van der Waals surface area contributed by atoms with Crippen molar-refractivity contribution in [2.75, 3.05) is 18.8 Å². The molecule has 5 heteroatoms. The van der Waals surface area contributed by atoms with Crippen LogP contribution in [0.15, 0.2) is 23.1 Å². The fourth-order valence-corrected chi connectivity index (χ4v) is 4.68. The number of carbonyl (C=O) groups is 1. The number of nitrogens with zero attached hydrogens (tertiary/aromatic N) is 1. The highest BCUT2D eigenvalue weighted by molar-refractivity contribution is 7.99. The summed E-state index contributed by atoms with van der Waals surface area (Å²) in [5.74, 6) is 0.755. The molecule has 0 radical (unpaired) electrons. The van der Waals surface area contributed by atoms with Gasteiger partial charge >= 0.3 is 0 Å². The Bertz CT molecular complexity index is 566. The molecule has 0 spiro atoms. The highest BCUT2D eigenvalue weighted by Crippen LogP contribution is 2.37. The zero-order valence-corrected chi connectivity index (χ0v) is 14.5. The fraction of sp³-hybridized carbons (Fsp3) is 0.611. The van der Waals surface area contributed by atoms with E-state index in [-0.39, 0.29) is 17.8 Å². The Labute approximate surface area is 142 Å². The molecule has 3 nitrogen and oxygen atoms in total. The molecule has 0 bridgehead atoms. The van der Waals surface area contributed by atoms with Crippen LogP contribution in [0.3, 0.4) is 0 Å². The lowest BCUT2D eigenvalue weighted by atomic mass is 10.0. The van der Waals surface area contributed by atoms with Crippen LogP contribution in [0, 0.1) is 5.82 Å². The first-order chi connectivity index (χ1) is 11.1. The maximum atomic E-state index is 13.9. The Kier molecular flexibility index (Phi) is 5.59. The largest absolute Gasteiger partial charge is 0.349 e. The number of carbonyl (C=O) groups excluding carboxylic acids is 1. The van der Waals surface area contributed by atoms with Crippen molar-refractivity contribution < 1.29 is 9.18 Å². The number of hydrogen-bond acceptors (Lipinski definition) is 3. The molecule has 1 aromatic carbocycles. The zero-order chi connectivity index (χ0) is 16.2. The predicted octanol–water partition coefficient (Wildman–Crippen LogP) is 3.74. The number of halogens is 1. The lowest BCUT2D eigenvalue weighted by Gasteiger charge is -2.33. The Balaban J connectivity index is 1.56. The topological polar surface area (TPSA) is 32.3 Å². The second-order valence-corrected chi connectivity index (χ2v) is 7.65. The van der Waals surface area contributed by atoms with E-state index in [0.29, 0.717) is 17.4 Å². The van der Waals surface area contributed by atoms with Gasteiger partial charge in [-0.3, -0.25) is 4.79 Å². The number of thioether (sulfide) groups is 1. The molecule has 2 heterocycles. The summed E-state index contributed by atoms with van der Waals surface area (Å²) in [6, 6.07) is 5.69. The molecule has 23 heavy (non-hydrogen) atoms. The molecule has 0 aliphatic carbocycles. The van der Waals surface area contributed by atoms with Crippen LogP contribution in [0.1, 0.15) is 50.6 Å². The number of amides is 1. The molecule has 3 rings (SSSR count). The number of rotatable bonds is 4. The molecule has 1 amide bonds. The summed E-state index contributed by atoms with van der Waals surface area (Å²) < 4.78 is 13.9. The molecule has 1 N–H and O–H groups in total. The van der Waals surface area contributed by atoms with Crippen molar-refractivity contribution in [3.8, 4) is 0 Å². The minimum absolute atomic E-state index is 0.0479. The maximum absolute atomic E-state index is 13.9. The van der Waals surface area contributed by atoms with Gasteiger partial charge in [-0.25, -0.2) is 4.39 Å². The van der Waals surface area contributed by atoms with Gasteiger partial charge in [0.05, 0.1) is 6.04 Å². The first-order valence-electron chi connectivity index (χ1n) is 8.60. The Morgan fingerprint density at radius 3 is 3.09 bits per heavy atom.